The summed E-state index contributed by atoms with van der Waals surface area (Å²) in [6.45, 7) is 6.70. The van der Waals surface area contributed by atoms with Crippen LogP contribution >= 0.6 is 11.3 Å². The van der Waals surface area contributed by atoms with Crippen LogP contribution in [0.1, 0.15) is 41.6 Å². The minimum absolute atomic E-state index is 0.0938. The first-order chi connectivity index (χ1) is 13.5. The molecule has 0 amide bonds. The molecule has 144 valence electrons. The van der Waals surface area contributed by atoms with Gasteiger partial charge in [0.2, 0.25) is 0 Å². The molecule has 0 atom stereocenters. The maximum absolute atomic E-state index is 12.9. The zero-order valence-corrected chi connectivity index (χ0v) is 17.2. The lowest BCUT2D eigenvalue weighted by atomic mass is 10.1. The van der Waals surface area contributed by atoms with Crippen molar-refractivity contribution >= 4 is 22.4 Å². The lowest BCUT2D eigenvalue weighted by molar-refractivity contribution is 0.723. The highest BCUT2D eigenvalue weighted by atomic mass is 32.1. The molecule has 3 aromatic heterocycles. The molecule has 7 heteroatoms. The highest BCUT2D eigenvalue weighted by molar-refractivity contribution is 7.09. The van der Waals surface area contributed by atoms with Crippen LogP contribution in [0.3, 0.4) is 0 Å². The van der Waals surface area contributed by atoms with E-state index in [4.69, 9.17) is 0 Å². The van der Waals surface area contributed by atoms with Gasteiger partial charge >= 0.3 is 0 Å². The monoisotopic (exact) mass is 393 g/mol. The quantitative estimate of drug-likeness (QED) is 0.496. The predicted octanol–water partition coefficient (Wildman–Crippen LogP) is 4.05. The Bertz CT molecular complexity index is 1170. The molecule has 0 bridgehead atoms. The average Bonchev–Trinajstić information content (AvgIpc) is 3.28. The van der Waals surface area contributed by atoms with Gasteiger partial charge < -0.3 is 0 Å². The molecule has 28 heavy (non-hydrogen) atoms. The molecule has 0 spiro atoms. The first-order valence-corrected chi connectivity index (χ1v) is 10.4. The smallest absolute Gasteiger partial charge is 0.264 e. The summed E-state index contributed by atoms with van der Waals surface area (Å²) < 4.78 is 3.33. The standard InChI is InChI=1S/C21H23N5OS/c1-4-5-6-19-24-16(12-28-19)11-25-13-22-20-18(21(25)27)10-23-26(20)17-8-14(2)7-15(3)9-17/h7-10,12-13H,4-6,11H2,1-3H3. The Kier molecular flexibility index (Phi) is 5.09. The predicted molar refractivity (Wildman–Crippen MR) is 112 cm³/mol. The SMILES string of the molecule is CCCCc1nc(Cn2cnc3c(cnn3-c3cc(C)cc(C)c3)c2=O)cs1. The van der Waals surface area contributed by atoms with E-state index in [2.05, 4.69) is 28.1 Å². The summed E-state index contributed by atoms with van der Waals surface area (Å²) in [5.74, 6) is 0. The maximum Gasteiger partial charge on any atom is 0.264 e. The third-order valence-electron chi connectivity index (χ3n) is 4.68. The van der Waals surface area contributed by atoms with Crippen LogP contribution in [0.2, 0.25) is 0 Å². The molecule has 3 heterocycles. The van der Waals surface area contributed by atoms with Crippen molar-refractivity contribution in [2.45, 2.75) is 46.6 Å². The zero-order valence-electron chi connectivity index (χ0n) is 16.3. The van der Waals surface area contributed by atoms with Crippen molar-refractivity contribution in [3.8, 4) is 5.69 Å². The van der Waals surface area contributed by atoms with Gasteiger partial charge in [-0.1, -0.05) is 19.4 Å². The summed E-state index contributed by atoms with van der Waals surface area (Å²) in [5.41, 5.74) is 4.60. The van der Waals surface area contributed by atoms with E-state index in [1.165, 1.54) is 0 Å². The van der Waals surface area contributed by atoms with Crippen LogP contribution in [0, 0.1) is 13.8 Å². The summed E-state index contributed by atoms with van der Waals surface area (Å²) in [6, 6.07) is 6.19. The Morgan fingerprint density at radius 2 is 1.93 bits per heavy atom. The van der Waals surface area contributed by atoms with Gasteiger partial charge in [0.05, 0.1) is 29.1 Å². The average molecular weight is 394 g/mol. The van der Waals surface area contributed by atoms with Gasteiger partial charge in [0, 0.05) is 5.38 Å². The molecule has 6 nitrogen and oxygen atoms in total. The summed E-state index contributed by atoms with van der Waals surface area (Å²) in [7, 11) is 0. The molecule has 4 aromatic rings. The minimum Gasteiger partial charge on any atom is -0.292 e. The fraction of sp³-hybridized carbons (Fsp3) is 0.333. The molecule has 0 saturated carbocycles. The Balaban J connectivity index is 1.67. The van der Waals surface area contributed by atoms with Gasteiger partial charge in [-0.25, -0.2) is 14.6 Å². The second-order valence-corrected chi connectivity index (χ2v) is 8.10. The largest absolute Gasteiger partial charge is 0.292 e. The van der Waals surface area contributed by atoms with Crippen LogP contribution < -0.4 is 5.56 Å². The number of aryl methyl sites for hydroxylation is 3. The number of rotatable bonds is 6. The van der Waals surface area contributed by atoms with Crippen LogP contribution in [-0.2, 0) is 13.0 Å². The van der Waals surface area contributed by atoms with Gasteiger partial charge in [-0.05, 0) is 49.9 Å². The van der Waals surface area contributed by atoms with Gasteiger partial charge in [0.25, 0.3) is 5.56 Å². The topological polar surface area (TPSA) is 65.6 Å². The second-order valence-electron chi connectivity index (χ2n) is 7.15. The van der Waals surface area contributed by atoms with Crippen molar-refractivity contribution in [3.05, 3.63) is 68.3 Å². The van der Waals surface area contributed by atoms with Crippen LogP contribution in [0.4, 0.5) is 0 Å². The Labute approximate surface area is 167 Å². The molecule has 0 aliphatic carbocycles. The summed E-state index contributed by atoms with van der Waals surface area (Å²) in [6.07, 6.45) is 6.48. The summed E-state index contributed by atoms with van der Waals surface area (Å²) in [5, 5.41) is 8.09. The number of fused-ring (bicyclic) bond motifs is 1. The van der Waals surface area contributed by atoms with Crippen LogP contribution in [-0.4, -0.2) is 24.3 Å². The van der Waals surface area contributed by atoms with Crippen LogP contribution in [0.5, 0.6) is 0 Å². The molecule has 1 aromatic carbocycles. The number of unbranched alkanes of at least 4 members (excludes halogenated alkanes) is 1. The number of thiazole rings is 1. The molecule has 0 radical (unpaired) electrons. The van der Waals surface area contributed by atoms with Crippen LogP contribution in [0.15, 0.2) is 40.9 Å². The van der Waals surface area contributed by atoms with E-state index in [1.54, 1.807) is 33.1 Å². The van der Waals surface area contributed by atoms with E-state index in [1.807, 2.05) is 31.4 Å². The molecular formula is C21H23N5OS. The lowest BCUT2D eigenvalue weighted by Gasteiger charge is -2.07. The minimum atomic E-state index is -0.0938. The molecule has 0 N–H and O–H groups in total. The highest BCUT2D eigenvalue weighted by Gasteiger charge is 2.13. The summed E-state index contributed by atoms with van der Waals surface area (Å²) in [4.78, 5) is 22.1. The molecule has 0 fully saturated rings. The molecule has 4 rings (SSSR count). The number of nitrogens with zero attached hydrogens (tertiary/aromatic N) is 5. The van der Waals surface area contributed by atoms with Crippen molar-refractivity contribution in [1.82, 2.24) is 24.3 Å². The van der Waals surface area contributed by atoms with Crippen LogP contribution in [0.25, 0.3) is 16.7 Å². The van der Waals surface area contributed by atoms with E-state index in [0.29, 0.717) is 17.6 Å². The second kappa shape index (κ2) is 7.67. The van der Waals surface area contributed by atoms with Crippen molar-refractivity contribution in [2.75, 3.05) is 0 Å². The first kappa shape index (κ1) is 18.6. The van der Waals surface area contributed by atoms with Crippen molar-refractivity contribution in [3.63, 3.8) is 0 Å². The third-order valence-corrected chi connectivity index (χ3v) is 5.64. The highest BCUT2D eigenvalue weighted by Crippen LogP contribution is 2.18. The number of hydrogen-bond donors (Lipinski definition) is 0. The van der Waals surface area contributed by atoms with E-state index in [-0.39, 0.29) is 5.56 Å². The normalized spacial score (nSPS) is 11.4. The van der Waals surface area contributed by atoms with Crippen molar-refractivity contribution < 1.29 is 0 Å². The maximum atomic E-state index is 12.9. The fourth-order valence-corrected chi connectivity index (χ4v) is 4.19. The van der Waals surface area contributed by atoms with Crippen molar-refractivity contribution in [1.29, 1.82) is 0 Å². The number of benzene rings is 1. The van der Waals surface area contributed by atoms with Gasteiger partial charge in [0.15, 0.2) is 5.65 Å². The molecule has 0 aliphatic rings. The fourth-order valence-electron chi connectivity index (χ4n) is 3.36. The van der Waals surface area contributed by atoms with Gasteiger partial charge in [-0.2, -0.15) is 5.10 Å². The van der Waals surface area contributed by atoms with E-state index < -0.39 is 0 Å². The lowest BCUT2D eigenvalue weighted by Crippen LogP contribution is -2.21. The van der Waals surface area contributed by atoms with E-state index >= 15 is 0 Å². The van der Waals surface area contributed by atoms with Gasteiger partial charge in [-0.15, -0.1) is 11.3 Å². The number of aromatic nitrogens is 5. The van der Waals surface area contributed by atoms with E-state index in [9.17, 15) is 4.79 Å². The Morgan fingerprint density at radius 3 is 2.68 bits per heavy atom. The number of hydrogen-bond acceptors (Lipinski definition) is 5. The van der Waals surface area contributed by atoms with E-state index in [0.717, 1.165) is 46.8 Å². The summed E-state index contributed by atoms with van der Waals surface area (Å²) >= 11 is 1.66. The molecule has 0 unspecified atom stereocenters. The molecule has 0 aliphatic heterocycles. The van der Waals surface area contributed by atoms with Gasteiger partial charge in [0.1, 0.15) is 11.7 Å². The Morgan fingerprint density at radius 1 is 1.14 bits per heavy atom. The first-order valence-electron chi connectivity index (χ1n) is 9.50. The van der Waals surface area contributed by atoms with Crippen molar-refractivity contribution in [2.24, 2.45) is 0 Å². The molecular weight excluding hydrogens is 370 g/mol. The zero-order chi connectivity index (χ0) is 19.7. The Hall–Kier alpha value is -2.80. The molecule has 0 saturated heterocycles. The van der Waals surface area contributed by atoms with Gasteiger partial charge in [-0.3, -0.25) is 9.36 Å². The third kappa shape index (κ3) is 3.62.